The number of hydrogen-bond donors (Lipinski definition) is 2. The predicted octanol–water partition coefficient (Wildman–Crippen LogP) is 1.00. The summed E-state index contributed by atoms with van der Waals surface area (Å²) in [6.07, 6.45) is 6.39. The van der Waals surface area contributed by atoms with Gasteiger partial charge in [0.2, 0.25) is 5.91 Å². The third kappa shape index (κ3) is 3.79. The van der Waals surface area contributed by atoms with Gasteiger partial charge < -0.3 is 15.8 Å². The summed E-state index contributed by atoms with van der Waals surface area (Å²) in [4.78, 5) is 24.1. The highest BCUT2D eigenvalue weighted by atomic mass is 16.5. The van der Waals surface area contributed by atoms with Gasteiger partial charge in [0.15, 0.2) is 5.78 Å². The molecule has 20 heavy (non-hydrogen) atoms. The SMILES string of the molecule is CCC1COCC(=O)C1NC(=O)[C@@H](N)CC1CCCC1. The second kappa shape index (κ2) is 7.18. The van der Waals surface area contributed by atoms with Gasteiger partial charge in [0.1, 0.15) is 6.61 Å². The van der Waals surface area contributed by atoms with E-state index in [4.69, 9.17) is 10.5 Å². The first-order valence-electron chi connectivity index (χ1n) is 7.78. The van der Waals surface area contributed by atoms with E-state index in [2.05, 4.69) is 5.32 Å². The molecule has 1 aliphatic carbocycles. The van der Waals surface area contributed by atoms with Crippen LogP contribution in [0.5, 0.6) is 0 Å². The molecule has 2 fully saturated rings. The van der Waals surface area contributed by atoms with Crippen LogP contribution < -0.4 is 11.1 Å². The van der Waals surface area contributed by atoms with Crippen molar-refractivity contribution in [3.63, 3.8) is 0 Å². The Morgan fingerprint density at radius 2 is 2.15 bits per heavy atom. The average molecular weight is 282 g/mol. The van der Waals surface area contributed by atoms with Gasteiger partial charge in [0, 0.05) is 5.92 Å². The van der Waals surface area contributed by atoms with Crippen molar-refractivity contribution < 1.29 is 14.3 Å². The first kappa shape index (κ1) is 15.4. The molecule has 1 aliphatic heterocycles. The molecule has 5 nitrogen and oxygen atoms in total. The Bertz CT molecular complexity index is 353. The van der Waals surface area contributed by atoms with Crippen molar-refractivity contribution in [1.82, 2.24) is 5.32 Å². The number of carbonyl (C=O) groups excluding carboxylic acids is 2. The molecule has 3 atom stereocenters. The van der Waals surface area contributed by atoms with Gasteiger partial charge in [-0.15, -0.1) is 0 Å². The number of rotatable bonds is 5. The van der Waals surface area contributed by atoms with E-state index in [1.165, 1.54) is 25.7 Å². The Morgan fingerprint density at radius 1 is 1.45 bits per heavy atom. The van der Waals surface area contributed by atoms with Gasteiger partial charge >= 0.3 is 0 Å². The molecule has 2 rings (SSSR count). The number of nitrogens with two attached hydrogens (primary N) is 1. The molecule has 2 unspecified atom stereocenters. The van der Waals surface area contributed by atoms with Crippen LogP contribution >= 0.6 is 0 Å². The second-order valence-electron chi connectivity index (χ2n) is 6.13. The lowest BCUT2D eigenvalue weighted by Crippen LogP contribution is -2.55. The molecular formula is C15H26N2O3. The van der Waals surface area contributed by atoms with Crippen LogP contribution in [0.2, 0.25) is 0 Å². The molecule has 0 spiro atoms. The fourth-order valence-electron chi connectivity index (χ4n) is 3.28. The van der Waals surface area contributed by atoms with Gasteiger partial charge in [-0.1, -0.05) is 32.6 Å². The van der Waals surface area contributed by atoms with Crippen LogP contribution in [0.4, 0.5) is 0 Å². The smallest absolute Gasteiger partial charge is 0.237 e. The Kier molecular flexibility index (Phi) is 5.54. The lowest BCUT2D eigenvalue weighted by Gasteiger charge is -2.31. The minimum absolute atomic E-state index is 0.0375. The van der Waals surface area contributed by atoms with Crippen molar-refractivity contribution in [3.8, 4) is 0 Å². The summed E-state index contributed by atoms with van der Waals surface area (Å²) in [5, 5.41) is 2.85. The molecule has 1 heterocycles. The maximum absolute atomic E-state index is 12.2. The van der Waals surface area contributed by atoms with Crippen LogP contribution in [0.15, 0.2) is 0 Å². The Morgan fingerprint density at radius 3 is 2.80 bits per heavy atom. The van der Waals surface area contributed by atoms with Gasteiger partial charge in [-0.2, -0.15) is 0 Å². The molecular weight excluding hydrogens is 256 g/mol. The zero-order chi connectivity index (χ0) is 14.5. The van der Waals surface area contributed by atoms with Crippen molar-refractivity contribution >= 4 is 11.7 Å². The maximum atomic E-state index is 12.2. The zero-order valence-corrected chi connectivity index (χ0v) is 12.3. The molecule has 3 N–H and O–H groups in total. The van der Waals surface area contributed by atoms with E-state index in [0.29, 0.717) is 12.5 Å². The van der Waals surface area contributed by atoms with Crippen LogP contribution in [0.3, 0.4) is 0 Å². The summed E-state index contributed by atoms with van der Waals surface area (Å²) in [6, 6.07) is -0.915. The van der Waals surface area contributed by atoms with Crippen LogP contribution in [0.1, 0.15) is 45.4 Å². The summed E-state index contributed by atoms with van der Waals surface area (Å²) >= 11 is 0. The highest BCUT2D eigenvalue weighted by molar-refractivity contribution is 5.92. The van der Waals surface area contributed by atoms with E-state index in [1.54, 1.807) is 0 Å². The van der Waals surface area contributed by atoms with Crippen LogP contribution in [0, 0.1) is 11.8 Å². The number of Topliss-reactive ketones (excluding diaryl/α,β-unsaturated/α-hetero) is 1. The van der Waals surface area contributed by atoms with Crippen molar-refractivity contribution in [2.45, 2.75) is 57.5 Å². The maximum Gasteiger partial charge on any atom is 0.237 e. The van der Waals surface area contributed by atoms with Gasteiger partial charge in [-0.25, -0.2) is 0 Å². The Labute approximate surface area is 120 Å². The molecule has 1 amide bonds. The molecule has 0 bridgehead atoms. The molecule has 2 aliphatic rings. The number of ketones is 1. The molecule has 1 saturated heterocycles. The quantitative estimate of drug-likeness (QED) is 0.788. The average Bonchev–Trinajstić information content (AvgIpc) is 2.93. The number of carbonyl (C=O) groups is 2. The van der Waals surface area contributed by atoms with E-state index in [1.807, 2.05) is 6.92 Å². The largest absolute Gasteiger partial charge is 0.373 e. The number of nitrogens with one attached hydrogen (secondary N) is 1. The van der Waals surface area contributed by atoms with Crippen LogP contribution in [-0.4, -0.2) is 37.0 Å². The van der Waals surface area contributed by atoms with E-state index in [-0.39, 0.29) is 24.2 Å². The summed E-state index contributed by atoms with van der Waals surface area (Å²) in [7, 11) is 0. The van der Waals surface area contributed by atoms with E-state index in [9.17, 15) is 9.59 Å². The van der Waals surface area contributed by atoms with E-state index < -0.39 is 12.1 Å². The minimum Gasteiger partial charge on any atom is -0.373 e. The number of amides is 1. The molecule has 1 saturated carbocycles. The number of ether oxygens (including phenoxy) is 1. The predicted molar refractivity (Wildman–Crippen MR) is 76.1 cm³/mol. The first-order chi connectivity index (χ1) is 9.61. The summed E-state index contributed by atoms with van der Waals surface area (Å²) < 4.78 is 5.23. The fraction of sp³-hybridized carbons (Fsp3) is 0.867. The molecule has 114 valence electrons. The molecule has 0 aromatic heterocycles. The summed E-state index contributed by atoms with van der Waals surface area (Å²) in [6.45, 7) is 2.63. The van der Waals surface area contributed by atoms with Gasteiger partial charge in [-0.05, 0) is 18.8 Å². The zero-order valence-electron chi connectivity index (χ0n) is 12.3. The third-order valence-corrected chi connectivity index (χ3v) is 4.62. The monoisotopic (exact) mass is 282 g/mol. The van der Waals surface area contributed by atoms with Crippen molar-refractivity contribution in [1.29, 1.82) is 0 Å². The van der Waals surface area contributed by atoms with Crippen molar-refractivity contribution in [2.24, 2.45) is 17.6 Å². The standard InChI is InChI=1S/C15H26N2O3/c1-2-11-8-20-9-13(18)14(11)17-15(19)12(16)7-10-5-3-4-6-10/h10-12,14H,2-9,16H2,1H3,(H,17,19)/t11?,12-,14?/m0/s1. The number of hydrogen-bond acceptors (Lipinski definition) is 4. The van der Waals surface area contributed by atoms with E-state index in [0.717, 1.165) is 12.8 Å². The van der Waals surface area contributed by atoms with Gasteiger partial charge in [-0.3, -0.25) is 9.59 Å². The highest BCUT2D eigenvalue weighted by Gasteiger charge is 2.34. The van der Waals surface area contributed by atoms with Crippen molar-refractivity contribution in [3.05, 3.63) is 0 Å². The fourth-order valence-corrected chi connectivity index (χ4v) is 3.28. The Balaban J connectivity index is 1.86. The topological polar surface area (TPSA) is 81.4 Å². The highest BCUT2D eigenvalue weighted by Crippen LogP contribution is 2.28. The molecule has 0 radical (unpaired) electrons. The molecule has 0 aromatic rings. The van der Waals surface area contributed by atoms with Crippen molar-refractivity contribution in [2.75, 3.05) is 13.2 Å². The second-order valence-corrected chi connectivity index (χ2v) is 6.13. The summed E-state index contributed by atoms with van der Waals surface area (Å²) in [5.74, 6) is 0.419. The molecule has 5 heteroatoms. The van der Waals surface area contributed by atoms with Crippen LogP contribution in [-0.2, 0) is 14.3 Å². The lowest BCUT2D eigenvalue weighted by molar-refractivity contribution is -0.138. The lowest BCUT2D eigenvalue weighted by atomic mass is 9.91. The van der Waals surface area contributed by atoms with E-state index >= 15 is 0 Å². The minimum atomic E-state index is -0.494. The first-order valence-corrected chi connectivity index (χ1v) is 7.78. The molecule has 0 aromatic carbocycles. The van der Waals surface area contributed by atoms with Gasteiger partial charge in [0.25, 0.3) is 0 Å². The normalized spacial score (nSPS) is 29.4. The summed E-state index contributed by atoms with van der Waals surface area (Å²) in [5.41, 5.74) is 5.99. The third-order valence-electron chi connectivity index (χ3n) is 4.62. The van der Waals surface area contributed by atoms with Gasteiger partial charge in [0.05, 0.1) is 18.7 Å². The Hall–Kier alpha value is -0.940. The van der Waals surface area contributed by atoms with Crippen LogP contribution in [0.25, 0.3) is 0 Å².